The van der Waals surface area contributed by atoms with Crippen molar-refractivity contribution in [1.29, 1.82) is 0 Å². The van der Waals surface area contributed by atoms with Crippen LogP contribution < -0.4 is 9.62 Å². The highest BCUT2D eigenvalue weighted by Crippen LogP contribution is 2.24. The Hall–Kier alpha value is -2.86. The van der Waals surface area contributed by atoms with Gasteiger partial charge in [-0.05, 0) is 55.3 Å². The van der Waals surface area contributed by atoms with E-state index in [0.717, 1.165) is 30.0 Å². The van der Waals surface area contributed by atoms with Crippen LogP contribution in [-0.4, -0.2) is 19.9 Å². The summed E-state index contributed by atoms with van der Waals surface area (Å²) < 4.78 is 27.7. The van der Waals surface area contributed by atoms with Crippen LogP contribution in [-0.2, 0) is 16.4 Å². The number of pyridine rings is 1. The third-order valence-corrected chi connectivity index (χ3v) is 5.70. The van der Waals surface area contributed by atoms with Gasteiger partial charge >= 0.3 is 0 Å². The third kappa shape index (κ3) is 4.46. The van der Waals surface area contributed by atoms with Gasteiger partial charge in [0, 0.05) is 12.2 Å². The SMILES string of the molecule is CCc1ccc(S(=O)(=O)Nc2ccc(N(CC)c3ccccc3)nc2)cc1. The van der Waals surface area contributed by atoms with E-state index in [1.807, 2.05) is 62.4 Å². The van der Waals surface area contributed by atoms with Crippen molar-refractivity contribution in [3.8, 4) is 0 Å². The zero-order valence-corrected chi connectivity index (χ0v) is 16.3. The molecule has 0 bridgehead atoms. The van der Waals surface area contributed by atoms with Gasteiger partial charge in [0.15, 0.2) is 0 Å². The molecule has 0 atom stereocenters. The second-order valence-corrected chi connectivity index (χ2v) is 7.77. The summed E-state index contributed by atoms with van der Waals surface area (Å²) in [6.45, 7) is 4.83. The molecule has 0 aliphatic carbocycles. The Morgan fingerprint density at radius 1 is 0.926 bits per heavy atom. The Morgan fingerprint density at radius 3 is 2.19 bits per heavy atom. The van der Waals surface area contributed by atoms with Crippen LogP contribution in [0.25, 0.3) is 0 Å². The molecule has 3 aromatic rings. The lowest BCUT2D eigenvalue weighted by Crippen LogP contribution is -2.17. The number of hydrogen-bond acceptors (Lipinski definition) is 4. The Kier molecular flexibility index (Phi) is 5.76. The highest BCUT2D eigenvalue weighted by molar-refractivity contribution is 7.92. The topological polar surface area (TPSA) is 62.3 Å². The van der Waals surface area contributed by atoms with Gasteiger partial charge in [-0.15, -0.1) is 0 Å². The predicted molar refractivity (Wildman–Crippen MR) is 110 cm³/mol. The maximum atomic E-state index is 12.5. The van der Waals surface area contributed by atoms with Crippen LogP contribution in [0.2, 0.25) is 0 Å². The molecule has 140 valence electrons. The van der Waals surface area contributed by atoms with E-state index in [-0.39, 0.29) is 4.90 Å². The largest absolute Gasteiger partial charge is 0.327 e. The van der Waals surface area contributed by atoms with Gasteiger partial charge in [-0.1, -0.05) is 37.3 Å². The molecular weight excluding hydrogens is 358 g/mol. The second kappa shape index (κ2) is 8.22. The summed E-state index contributed by atoms with van der Waals surface area (Å²) in [5, 5.41) is 0. The predicted octanol–water partition coefficient (Wildman–Crippen LogP) is 4.60. The summed E-state index contributed by atoms with van der Waals surface area (Å²) in [5.41, 5.74) is 2.57. The molecule has 1 N–H and O–H groups in total. The van der Waals surface area contributed by atoms with Crippen molar-refractivity contribution in [3.63, 3.8) is 0 Å². The van der Waals surface area contributed by atoms with E-state index in [1.54, 1.807) is 24.4 Å². The number of benzene rings is 2. The summed E-state index contributed by atoms with van der Waals surface area (Å²) in [4.78, 5) is 6.73. The molecule has 3 rings (SSSR count). The van der Waals surface area contributed by atoms with Crippen LogP contribution in [0.15, 0.2) is 77.8 Å². The van der Waals surface area contributed by atoms with Gasteiger partial charge in [0.1, 0.15) is 5.82 Å². The Bertz CT molecular complexity index is 970. The highest BCUT2D eigenvalue weighted by Gasteiger charge is 2.15. The molecule has 0 saturated carbocycles. The number of sulfonamides is 1. The van der Waals surface area contributed by atoms with Crippen molar-refractivity contribution in [2.24, 2.45) is 0 Å². The van der Waals surface area contributed by atoms with Crippen LogP contribution >= 0.6 is 0 Å². The lowest BCUT2D eigenvalue weighted by molar-refractivity contribution is 0.601. The molecule has 0 saturated heterocycles. The molecule has 0 aliphatic heterocycles. The van der Waals surface area contributed by atoms with Crippen molar-refractivity contribution in [2.75, 3.05) is 16.2 Å². The van der Waals surface area contributed by atoms with E-state index in [2.05, 4.69) is 14.6 Å². The molecule has 6 heteroatoms. The van der Waals surface area contributed by atoms with E-state index in [4.69, 9.17) is 0 Å². The van der Waals surface area contributed by atoms with Crippen molar-refractivity contribution in [2.45, 2.75) is 25.2 Å². The number of rotatable bonds is 7. The first-order valence-electron chi connectivity index (χ1n) is 8.94. The molecular formula is C21H23N3O2S. The molecule has 5 nitrogen and oxygen atoms in total. The smallest absolute Gasteiger partial charge is 0.261 e. The second-order valence-electron chi connectivity index (χ2n) is 6.09. The number of anilines is 3. The molecule has 0 spiro atoms. The molecule has 0 aliphatic rings. The van der Waals surface area contributed by atoms with Gasteiger partial charge in [-0.2, -0.15) is 0 Å². The fraction of sp³-hybridized carbons (Fsp3) is 0.190. The summed E-state index contributed by atoms with van der Waals surface area (Å²) in [7, 11) is -3.63. The Labute approximate surface area is 160 Å². The van der Waals surface area contributed by atoms with Crippen molar-refractivity contribution >= 4 is 27.2 Å². The van der Waals surface area contributed by atoms with Gasteiger partial charge in [0.25, 0.3) is 10.0 Å². The number of nitrogens with zero attached hydrogens (tertiary/aromatic N) is 2. The monoisotopic (exact) mass is 381 g/mol. The number of nitrogens with one attached hydrogen (secondary N) is 1. The van der Waals surface area contributed by atoms with Crippen molar-refractivity contribution in [1.82, 2.24) is 4.98 Å². The Morgan fingerprint density at radius 2 is 1.63 bits per heavy atom. The molecule has 2 aromatic carbocycles. The Balaban J connectivity index is 1.78. The number of aromatic nitrogens is 1. The van der Waals surface area contributed by atoms with Crippen molar-refractivity contribution < 1.29 is 8.42 Å². The quantitative estimate of drug-likeness (QED) is 0.649. The van der Waals surface area contributed by atoms with Gasteiger partial charge in [0.2, 0.25) is 0 Å². The first-order chi connectivity index (χ1) is 13.0. The van der Waals surface area contributed by atoms with Crippen LogP contribution in [0.3, 0.4) is 0 Å². The maximum Gasteiger partial charge on any atom is 0.261 e. The lowest BCUT2D eigenvalue weighted by atomic mass is 10.2. The van der Waals surface area contributed by atoms with Crippen LogP contribution in [0.5, 0.6) is 0 Å². The van der Waals surface area contributed by atoms with Crippen LogP contribution in [0.4, 0.5) is 17.2 Å². The van der Waals surface area contributed by atoms with Gasteiger partial charge in [0.05, 0.1) is 16.8 Å². The fourth-order valence-corrected chi connectivity index (χ4v) is 3.85. The summed E-state index contributed by atoms with van der Waals surface area (Å²) in [6.07, 6.45) is 2.41. The first kappa shape index (κ1) is 18.9. The molecule has 1 heterocycles. The molecule has 27 heavy (non-hydrogen) atoms. The van der Waals surface area contributed by atoms with Crippen LogP contribution in [0, 0.1) is 0 Å². The standard InChI is InChI=1S/C21H23N3O2S/c1-3-17-10-13-20(14-11-17)27(25,26)23-18-12-15-21(22-16-18)24(4-2)19-8-6-5-7-9-19/h5-16,23H,3-4H2,1-2H3. The highest BCUT2D eigenvalue weighted by atomic mass is 32.2. The minimum absolute atomic E-state index is 0.239. The minimum atomic E-state index is -3.63. The maximum absolute atomic E-state index is 12.5. The zero-order chi connectivity index (χ0) is 19.3. The summed E-state index contributed by atoms with van der Waals surface area (Å²) in [5.74, 6) is 0.763. The first-order valence-corrected chi connectivity index (χ1v) is 10.4. The van der Waals surface area contributed by atoms with E-state index in [9.17, 15) is 8.42 Å². The van der Waals surface area contributed by atoms with E-state index in [1.165, 1.54) is 0 Å². The fourth-order valence-electron chi connectivity index (χ4n) is 2.81. The van der Waals surface area contributed by atoms with Gasteiger partial charge in [-0.25, -0.2) is 13.4 Å². The van der Waals surface area contributed by atoms with E-state index in [0.29, 0.717) is 5.69 Å². The van der Waals surface area contributed by atoms with E-state index >= 15 is 0 Å². The van der Waals surface area contributed by atoms with Crippen molar-refractivity contribution in [3.05, 3.63) is 78.5 Å². The minimum Gasteiger partial charge on any atom is -0.327 e. The number of hydrogen-bond donors (Lipinski definition) is 1. The third-order valence-electron chi connectivity index (χ3n) is 4.30. The normalized spacial score (nSPS) is 11.2. The lowest BCUT2D eigenvalue weighted by Gasteiger charge is -2.22. The average molecular weight is 382 g/mol. The van der Waals surface area contributed by atoms with Gasteiger partial charge < -0.3 is 4.90 Å². The molecule has 1 aromatic heterocycles. The molecule has 0 radical (unpaired) electrons. The average Bonchev–Trinajstić information content (AvgIpc) is 2.70. The van der Waals surface area contributed by atoms with E-state index < -0.39 is 10.0 Å². The van der Waals surface area contributed by atoms with Crippen LogP contribution in [0.1, 0.15) is 19.4 Å². The molecule has 0 fully saturated rings. The summed E-state index contributed by atoms with van der Waals surface area (Å²) >= 11 is 0. The summed E-state index contributed by atoms with van der Waals surface area (Å²) in [6, 6.07) is 20.4. The molecule has 0 unspecified atom stereocenters. The number of aryl methyl sites for hydroxylation is 1. The number of para-hydroxylation sites is 1. The zero-order valence-electron chi connectivity index (χ0n) is 15.5. The molecule has 0 amide bonds. The van der Waals surface area contributed by atoms with Gasteiger partial charge in [-0.3, -0.25) is 4.72 Å².